The third kappa shape index (κ3) is 3.75. The summed E-state index contributed by atoms with van der Waals surface area (Å²) in [5, 5.41) is 3.41. The zero-order chi connectivity index (χ0) is 16.1. The average molecular weight is 381 g/mol. The van der Waals surface area contributed by atoms with Crippen LogP contribution in [-0.2, 0) is 4.79 Å². The molecule has 1 N–H and O–H groups in total. The molecule has 0 saturated carbocycles. The monoisotopic (exact) mass is 380 g/mol. The number of hydrogen-bond donors (Lipinski definition) is 1. The molecule has 1 aromatic carbocycles. The van der Waals surface area contributed by atoms with Gasteiger partial charge in [0.25, 0.3) is 5.91 Å². The molecule has 116 valence electrons. The number of thiocarbonyl (C=S) groups is 1. The van der Waals surface area contributed by atoms with Gasteiger partial charge in [-0.05, 0) is 42.9 Å². The number of nitrogens with one attached hydrogen (secondary N) is 1. The lowest BCUT2D eigenvalue weighted by molar-refractivity contribution is -0.122. The molecular formula is C16H17BrN2O2S. The van der Waals surface area contributed by atoms with Gasteiger partial charge in [0.15, 0.2) is 5.11 Å². The molecule has 6 heteroatoms. The Morgan fingerprint density at radius 2 is 2.27 bits per heavy atom. The highest BCUT2D eigenvalue weighted by molar-refractivity contribution is 9.10. The highest BCUT2D eigenvalue weighted by Gasteiger charge is 2.29. The van der Waals surface area contributed by atoms with Crippen molar-refractivity contribution in [3.05, 3.63) is 46.6 Å². The summed E-state index contributed by atoms with van der Waals surface area (Å²) < 4.78 is 6.53. The summed E-state index contributed by atoms with van der Waals surface area (Å²) in [5.74, 6) is 0.576. The van der Waals surface area contributed by atoms with E-state index < -0.39 is 0 Å². The minimum absolute atomic E-state index is 0.110. The smallest absolute Gasteiger partial charge is 0.276 e. The van der Waals surface area contributed by atoms with Crippen LogP contribution in [0.1, 0.15) is 18.9 Å². The van der Waals surface area contributed by atoms with Crippen molar-refractivity contribution in [1.29, 1.82) is 0 Å². The van der Waals surface area contributed by atoms with Crippen LogP contribution in [0, 0.1) is 0 Å². The number of halogens is 1. The van der Waals surface area contributed by atoms with Gasteiger partial charge >= 0.3 is 0 Å². The van der Waals surface area contributed by atoms with Gasteiger partial charge < -0.3 is 10.1 Å². The maximum Gasteiger partial charge on any atom is 0.276 e. The minimum Gasteiger partial charge on any atom is -0.489 e. The van der Waals surface area contributed by atoms with Crippen LogP contribution in [0.15, 0.2) is 41.0 Å². The Labute approximate surface area is 144 Å². The molecule has 0 atom stereocenters. The van der Waals surface area contributed by atoms with Crippen LogP contribution in [0.2, 0.25) is 0 Å². The van der Waals surface area contributed by atoms with Crippen LogP contribution >= 0.6 is 28.1 Å². The first-order valence-corrected chi connectivity index (χ1v) is 8.14. The summed E-state index contributed by atoms with van der Waals surface area (Å²) in [6.07, 6.45) is 4.29. The highest BCUT2D eigenvalue weighted by Crippen LogP contribution is 2.26. The molecule has 0 unspecified atom stereocenters. The van der Waals surface area contributed by atoms with Gasteiger partial charge in [-0.2, -0.15) is 0 Å². The van der Waals surface area contributed by atoms with E-state index in [1.165, 1.54) is 0 Å². The fraction of sp³-hybridized carbons (Fsp3) is 0.250. The van der Waals surface area contributed by atoms with E-state index in [9.17, 15) is 4.79 Å². The number of nitrogens with zero attached hydrogens (tertiary/aromatic N) is 1. The Balaban J connectivity index is 2.32. The predicted molar refractivity (Wildman–Crippen MR) is 95.5 cm³/mol. The van der Waals surface area contributed by atoms with Gasteiger partial charge in [-0.15, -0.1) is 0 Å². The second-order valence-corrected chi connectivity index (χ2v) is 6.03. The van der Waals surface area contributed by atoms with Crippen LogP contribution in [0.3, 0.4) is 0 Å². The van der Waals surface area contributed by atoms with Gasteiger partial charge in [-0.25, -0.2) is 0 Å². The largest absolute Gasteiger partial charge is 0.489 e. The molecule has 1 aliphatic rings. The SMILES string of the molecule is C=CCOc1ccc(Br)cc1C=C1NC(=S)N(CCC)C1=O. The molecule has 1 aromatic rings. The number of ether oxygens (including phenoxy) is 1. The van der Waals surface area contributed by atoms with Crippen molar-refractivity contribution in [2.45, 2.75) is 13.3 Å². The molecule has 1 fully saturated rings. The van der Waals surface area contributed by atoms with Crippen molar-refractivity contribution in [3.63, 3.8) is 0 Å². The molecule has 2 rings (SSSR count). The van der Waals surface area contributed by atoms with Gasteiger partial charge in [0.2, 0.25) is 0 Å². The zero-order valence-electron chi connectivity index (χ0n) is 12.3. The summed E-state index contributed by atoms with van der Waals surface area (Å²) in [7, 11) is 0. The number of hydrogen-bond acceptors (Lipinski definition) is 3. The van der Waals surface area contributed by atoms with Gasteiger partial charge in [-0.1, -0.05) is 35.5 Å². The number of rotatable bonds is 6. The van der Waals surface area contributed by atoms with Crippen LogP contribution in [0.25, 0.3) is 6.08 Å². The first-order chi connectivity index (χ1) is 10.6. The molecule has 4 nitrogen and oxygen atoms in total. The lowest BCUT2D eigenvalue weighted by Gasteiger charge is -2.11. The van der Waals surface area contributed by atoms with Crippen LogP contribution < -0.4 is 10.1 Å². The lowest BCUT2D eigenvalue weighted by atomic mass is 10.1. The van der Waals surface area contributed by atoms with Crippen LogP contribution in [0.5, 0.6) is 5.75 Å². The maximum atomic E-state index is 12.4. The lowest BCUT2D eigenvalue weighted by Crippen LogP contribution is -2.31. The molecule has 1 saturated heterocycles. The summed E-state index contributed by atoms with van der Waals surface area (Å²) in [6, 6.07) is 5.63. The van der Waals surface area contributed by atoms with Crippen molar-refractivity contribution in [1.82, 2.24) is 10.2 Å². The van der Waals surface area contributed by atoms with Crippen LogP contribution in [0.4, 0.5) is 0 Å². The molecule has 0 radical (unpaired) electrons. The maximum absolute atomic E-state index is 12.4. The Hall–Kier alpha value is -1.66. The summed E-state index contributed by atoms with van der Waals surface area (Å²) in [4.78, 5) is 13.9. The summed E-state index contributed by atoms with van der Waals surface area (Å²) in [5.41, 5.74) is 1.26. The normalized spacial score (nSPS) is 16.1. The van der Waals surface area contributed by atoms with Gasteiger partial charge in [-0.3, -0.25) is 9.69 Å². The average Bonchev–Trinajstić information content (AvgIpc) is 2.74. The standard InChI is InChI=1S/C16H17BrN2O2S/c1-3-7-19-15(20)13(18-16(19)22)10-11-9-12(17)5-6-14(11)21-8-4-2/h4-6,9-10H,2-3,7-8H2,1H3,(H,18,22). The molecule has 1 aliphatic heterocycles. The topological polar surface area (TPSA) is 41.6 Å². The second-order valence-electron chi connectivity index (χ2n) is 4.73. The molecular weight excluding hydrogens is 364 g/mol. The molecule has 1 heterocycles. The first kappa shape index (κ1) is 16.7. The quantitative estimate of drug-likeness (QED) is 0.466. The Bertz CT molecular complexity index is 643. The van der Waals surface area contributed by atoms with Gasteiger partial charge in [0, 0.05) is 16.6 Å². The van der Waals surface area contributed by atoms with E-state index in [1.807, 2.05) is 25.1 Å². The number of amides is 1. The number of benzene rings is 1. The highest BCUT2D eigenvalue weighted by atomic mass is 79.9. The third-order valence-corrected chi connectivity index (χ3v) is 3.85. The number of carbonyl (C=O) groups is 1. The first-order valence-electron chi connectivity index (χ1n) is 6.94. The van der Waals surface area contributed by atoms with Crippen LogP contribution in [-0.4, -0.2) is 29.1 Å². The van der Waals surface area contributed by atoms with E-state index in [4.69, 9.17) is 17.0 Å². The molecule has 0 spiro atoms. The molecule has 22 heavy (non-hydrogen) atoms. The van der Waals surface area contributed by atoms with E-state index in [0.29, 0.717) is 29.7 Å². The zero-order valence-corrected chi connectivity index (χ0v) is 14.7. The number of carbonyl (C=O) groups excluding carboxylic acids is 1. The Kier molecular flexibility index (Phi) is 5.74. The Morgan fingerprint density at radius 1 is 1.50 bits per heavy atom. The minimum atomic E-state index is -0.110. The summed E-state index contributed by atoms with van der Waals surface area (Å²) in [6.45, 7) is 6.66. The van der Waals surface area contributed by atoms with E-state index >= 15 is 0 Å². The summed E-state index contributed by atoms with van der Waals surface area (Å²) >= 11 is 8.64. The Morgan fingerprint density at radius 3 is 2.95 bits per heavy atom. The molecule has 0 aliphatic carbocycles. The van der Waals surface area contributed by atoms with Gasteiger partial charge in [0.1, 0.15) is 18.1 Å². The van der Waals surface area contributed by atoms with E-state index in [2.05, 4.69) is 27.8 Å². The van der Waals surface area contributed by atoms with Crippen molar-refractivity contribution in [3.8, 4) is 5.75 Å². The molecule has 0 bridgehead atoms. The predicted octanol–water partition coefficient (Wildman–Crippen LogP) is 3.48. The van der Waals surface area contributed by atoms with E-state index in [-0.39, 0.29) is 5.91 Å². The van der Waals surface area contributed by atoms with E-state index in [1.54, 1.807) is 17.1 Å². The van der Waals surface area contributed by atoms with Crippen molar-refractivity contribution < 1.29 is 9.53 Å². The fourth-order valence-electron chi connectivity index (χ4n) is 2.07. The second kappa shape index (κ2) is 7.56. The van der Waals surface area contributed by atoms with Crippen molar-refractivity contribution >= 4 is 45.2 Å². The molecule has 1 amide bonds. The van der Waals surface area contributed by atoms with Crippen molar-refractivity contribution in [2.75, 3.05) is 13.2 Å². The molecule has 0 aromatic heterocycles. The third-order valence-electron chi connectivity index (χ3n) is 3.04. The van der Waals surface area contributed by atoms with E-state index in [0.717, 1.165) is 16.5 Å². The van der Waals surface area contributed by atoms with Gasteiger partial charge in [0.05, 0.1) is 0 Å². The fourth-order valence-corrected chi connectivity index (χ4v) is 2.73. The van der Waals surface area contributed by atoms with Crippen molar-refractivity contribution in [2.24, 2.45) is 0 Å².